The molecule has 0 saturated carbocycles. The molecule has 6 nitrogen and oxygen atoms in total. The lowest BCUT2D eigenvalue weighted by atomic mass is 10.0. The molecule has 8 heteroatoms. The van der Waals surface area contributed by atoms with E-state index in [1.165, 1.54) is 13.1 Å². The third kappa shape index (κ3) is 3.68. The van der Waals surface area contributed by atoms with Gasteiger partial charge >= 0.3 is 0 Å². The number of carbonyl (C=O) groups is 2. The maximum Gasteiger partial charge on any atom is 0.264 e. The van der Waals surface area contributed by atoms with Crippen molar-refractivity contribution in [3.8, 4) is 0 Å². The van der Waals surface area contributed by atoms with Crippen LogP contribution in [0.25, 0.3) is 5.70 Å². The van der Waals surface area contributed by atoms with E-state index in [1.807, 2.05) is 0 Å². The predicted octanol–water partition coefficient (Wildman–Crippen LogP) is 4.06. The predicted molar refractivity (Wildman–Crippen MR) is 121 cm³/mol. The molecular weight excluding hydrogens is 480 g/mol. The second kappa shape index (κ2) is 8.13. The van der Waals surface area contributed by atoms with Gasteiger partial charge < -0.3 is 5.32 Å². The van der Waals surface area contributed by atoms with Crippen LogP contribution in [0.3, 0.4) is 0 Å². The van der Waals surface area contributed by atoms with Gasteiger partial charge in [0.25, 0.3) is 15.9 Å². The van der Waals surface area contributed by atoms with E-state index in [4.69, 9.17) is 0 Å². The summed E-state index contributed by atoms with van der Waals surface area (Å²) in [5.41, 5.74) is 0.953. The molecule has 0 bridgehead atoms. The van der Waals surface area contributed by atoms with Gasteiger partial charge in [-0.3, -0.25) is 13.9 Å². The van der Waals surface area contributed by atoms with Crippen LogP contribution in [0.5, 0.6) is 0 Å². The molecule has 1 amide bonds. The maximum atomic E-state index is 13.4. The molecular formula is C23H17BrN2O4S. The number of sulfonamides is 1. The number of allylic oxidation sites excluding steroid dienone is 1. The van der Waals surface area contributed by atoms with Gasteiger partial charge in [0.2, 0.25) is 5.78 Å². The number of rotatable bonds is 4. The zero-order valence-corrected chi connectivity index (χ0v) is 18.8. The molecule has 1 heterocycles. The van der Waals surface area contributed by atoms with E-state index in [2.05, 4.69) is 21.2 Å². The first kappa shape index (κ1) is 21.0. The molecule has 3 aromatic carbocycles. The van der Waals surface area contributed by atoms with E-state index in [0.717, 1.165) is 4.31 Å². The van der Waals surface area contributed by atoms with Crippen molar-refractivity contribution >= 4 is 43.3 Å². The van der Waals surface area contributed by atoms with Crippen LogP contribution in [0, 0.1) is 0 Å². The van der Waals surface area contributed by atoms with Crippen molar-refractivity contribution in [2.75, 3.05) is 7.05 Å². The molecule has 1 N–H and O–H groups in total. The van der Waals surface area contributed by atoms with Crippen molar-refractivity contribution in [3.05, 3.63) is 106 Å². The Balaban J connectivity index is 1.94. The van der Waals surface area contributed by atoms with Crippen LogP contribution < -0.4 is 5.32 Å². The fourth-order valence-electron chi connectivity index (χ4n) is 3.39. The Hall–Kier alpha value is -3.23. The van der Waals surface area contributed by atoms with E-state index in [-0.39, 0.29) is 21.9 Å². The monoisotopic (exact) mass is 496 g/mol. The highest BCUT2D eigenvalue weighted by Gasteiger charge is 2.38. The molecule has 4 rings (SSSR count). The summed E-state index contributed by atoms with van der Waals surface area (Å²) < 4.78 is 27.8. The molecule has 0 unspecified atom stereocenters. The van der Waals surface area contributed by atoms with Crippen LogP contribution >= 0.6 is 15.9 Å². The summed E-state index contributed by atoms with van der Waals surface area (Å²) in [6, 6.07) is 21.5. The van der Waals surface area contributed by atoms with Crippen molar-refractivity contribution in [2.24, 2.45) is 0 Å². The van der Waals surface area contributed by atoms with Crippen LogP contribution in [0.1, 0.15) is 26.3 Å². The van der Waals surface area contributed by atoms with E-state index >= 15 is 0 Å². The average molecular weight is 497 g/mol. The van der Waals surface area contributed by atoms with Crippen molar-refractivity contribution in [2.45, 2.75) is 4.90 Å². The number of benzene rings is 3. The maximum absolute atomic E-state index is 13.4. The number of likely N-dealkylation sites (N-methyl/N-ethyl adjacent to an activating group) is 1. The number of nitrogens with one attached hydrogen (secondary N) is 1. The molecule has 0 atom stereocenters. The number of fused-ring (bicyclic) bond motifs is 1. The van der Waals surface area contributed by atoms with E-state index in [9.17, 15) is 18.0 Å². The van der Waals surface area contributed by atoms with Crippen LogP contribution in [0.4, 0.5) is 0 Å². The average Bonchev–Trinajstić information content (AvgIpc) is 2.78. The summed E-state index contributed by atoms with van der Waals surface area (Å²) in [7, 11) is -2.66. The molecule has 0 aliphatic carbocycles. The number of amides is 1. The minimum Gasteiger partial charge on any atom is -0.319 e. The minimum absolute atomic E-state index is 0.0181. The summed E-state index contributed by atoms with van der Waals surface area (Å²) >= 11 is 3.35. The number of Topliss-reactive ketones (excluding diaryl/α,β-unsaturated/α-hetero) is 1. The van der Waals surface area contributed by atoms with Gasteiger partial charge in [0.15, 0.2) is 0 Å². The molecule has 0 radical (unpaired) electrons. The van der Waals surface area contributed by atoms with Crippen LogP contribution in [-0.2, 0) is 10.0 Å². The van der Waals surface area contributed by atoms with Gasteiger partial charge in [0.05, 0.1) is 16.2 Å². The quantitative estimate of drug-likeness (QED) is 0.551. The van der Waals surface area contributed by atoms with Gasteiger partial charge in [-0.25, -0.2) is 8.42 Å². The Morgan fingerprint density at radius 3 is 2.19 bits per heavy atom. The second-order valence-electron chi connectivity index (χ2n) is 6.82. The van der Waals surface area contributed by atoms with E-state index in [1.54, 1.807) is 72.8 Å². The van der Waals surface area contributed by atoms with Crippen molar-refractivity contribution < 1.29 is 18.0 Å². The lowest BCUT2D eigenvalue weighted by Gasteiger charge is -2.31. The number of halogens is 1. The van der Waals surface area contributed by atoms with Crippen molar-refractivity contribution in [1.29, 1.82) is 0 Å². The van der Waals surface area contributed by atoms with Crippen molar-refractivity contribution in [1.82, 2.24) is 9.62 Å². The van der Waals surface area contributed by atoms with Crippen LogP contribution in [-0.4, -0.2) is 31.5 Å². The topological polar surface area (TPSA) is 83.6 Å². The largest absolute Gasteiger partial charge is 0.319 e. The van der Waals surface area contributed by atoms with Gasteiger partial charge in [-0.2, -0.15) is 0 Å². The van der Waals surface area contributed by atoms with E-state index < -0.39 is 21.7 Å². The van der Waals surface area contributed by atoms with E-state index in [0.29, 0.717) is 15.6 Å². The highest BCUT2D eigenvalue weighted by atomic mass is 79.9. The van der Waals surface area contributed by atoms with Crippen molar-refractivity contribution in [3.63, 3.8) is 0 Å². The van der Waals surface area contributed by atoms with Gasteiger partial charge in [-0.1, -0.05) is 60.7 Å². The lowest BCUT2D eigenvalue weighted by Crippen LogP contribution is -2.39. The lowest BCUT2D eigenvalue weighted by molar-refractivity contribution is 0.0972. The third-order valence-electron chi connectivity index (χ3n) is 4.95. The first-order valence-corrected chi connectivity index (χ1v) is 11.5. The molecule has 0 fully saturated rings. The molecule has 0 spiro atoms. The number of ketones is 1. The molecule has 0 aromatic heterocycles. The Morgan fingerprint density at radius 2 is 1.48 bits per heavy atom. The fourth-order valence-corrected chi connectivity index (χ4v) is 5.26. The Labute approximate surface area is 188 Å². The summed E-state index contributed by atoms with van der Waals surface area (Å²) in [4.78, 5) is 26.5. The summed E-state index contributed by atoms with van der Waals surface area (Å²) in [6.07, 6.45) is 0. The SMILES string of the molecule is CN1C(C(=O)c2ccccc2)=C(NC(=O)c2ccccc2Br)c2ccccc2S1(=O)=O. The minimum atomic E-state index is -3.97. The zero-order chi connectivity index (χ0) is 22.2. The molecule has 3 aromatic rings. The van der Waals surface area contributed by atoms with Crippen LogP contribution in [0.2, 0.25) is 0 Å². The van der Waals surface area contributed by atoms with Crippen LogP contribution in [0.15, 0.2) is 93.9 Å². The number of nitrogens with zero attached hydrogens (tertiary/aromatic N) is 1. The Morgan fingerprint density at radius 1 is 0.871 bits per heavy atom. The van der Waals surface area contributed by atoms with Gasteiger partial charge in [-0.15, -0.1) is 0 Å². The highest BCUT2D eigenvalue weighted by Crippen LogP contribution is 2.36. The summed E-state index contributed by atoms with van der Waals surface area (Å²) in [6.45, 7) is 0. The smallest absolute Gasteiger partial charge is 0.264 e. The standard InChI is InChI=1S/C23H17BrN2O4S/c1-26-21(22(27)15-9-3-2-4-10-15)20(17-12-6-8-14-19(17)31(26,29)30)25-23(28)16-11-5-7-13-18(16)24/h2-14H,1H3,(H,25,28). The zero-order valence-electron chi connectivity index (χ0n) is 16.4. The highest BCUT2D eigenvalue weighted by molar-refractivity contribution is 9.10. The second-order valence-corrected chi connectivity index (χ2v) is 9.61. The first-order chi connectivity index (χ1) is 14.8. The third-order valence-corrected chi connectivity index (χ3v) is 7.46. The Bertz CT molecular complexity index is 1330. The molecule has 0 saturated heterocycles. The van der Waals surface area contributed by atoms with Gasteiger partial charge in [0, 0.05) is 22.6 Å². The van der Waals surface area contributed by atoms with Gasteiger partial charge in [-0.05, 0) is 34.1 Å². The normalized spacial score (nSPS) is 14.7. The number of hydrogen-bond donors (Lipinski definition) is 1. The fraction of sp³-hybridized carbons (Fsp3) is 0.0435. The Kier molecular flexibility index (Phi) is 5.51. The molecule has 31 heavy (non-hydrogen) atoms. The number of carbonyl (C=O) groups excluding carboxylic acids is 2. The molecule has 1 aliphatic rings. The molecule has 1 aliphatic heterocycles. The molecule has 156 valence electrons. The summed E-state index contributed by atoms with van der Waals surface area (Å²) in [5, 5.41) is 2.78. The van der Waals surface area contributed by atoms with Gasteiger partial charge in [0.1, 0.15) is 5.70 Å². The first-order valence-electron chi connectivity index (χ1n) is 9.30. The number of hydrogen-bond acceptors (Lipinski definition) is 4. The summed E-state index contributed by atoms with van der Waals surface area (Å²) in [5.74, 6) is -0.980.